The van der Waals surface area contributed by atoms with Crippen molar-refractivity contribution in [1.29, 1.82) is 0 Å². The predicted molar refractivity (Wildman–Crippen MR) is 71.4 cm³/mol. The Labute approximate surface area is 107 Å². The Bertz CT molecular complexity index is 493. The van der Waals surface area contributed by atoms with E-state index in [9.17, 15) is 5.11 Å². The number of nitrogens with one attached hydrogen (secondary N) is 1. The molecule has 2 N–H and O–H groups in total. The van der Waals surface area contributed by atoms with Gasteiger partial charge >= 0.3 is 0 Å². The van der Waals surface area contributed by atoms with Crippen LogP contribution in [0.1, 0.15) is 23.0 Å². The summed E-state index contributed by atoms with van der Waals surface area (Å²) >= 11 is 0. The highest BCUT2D eigenvalue weighted by Crippen LogP contribution is 2.16. The van der Waals surface area contributed by atoms with Gasteiger partial charge in [0.25, 0.3) is 0 Å². The van der Waals surface area contributed by atoms with E-state index < -0.39 is 0 Å². The Balaban J connectivity index is 2.20. The zero-order chi connectivity index (χ0) is 13.0. The van der Waals surface area contributed by atoms with Crippen LogP contribution in [0.2, 0.25) is 0 Å². The van der Waals surface area contributed by atoms with Gasteiger partial charge < -0.3 is 10.4 Å². The molecular weight excluding hydrogens is 226 g/mol. The minimum absolute atomic E-state index is 0.000360. The molecule has 94 valence electrons. The summed E-state index contributed by atoms with van der Waals surface area (Å²) in [5, 5.41) is 12.6. The highest BCUT2D eigenvalue weighted by Gasteiger charge is 2.11. The molecule has 4 nitrogen and oxygen atoms in total. The lowest BCUT2D eigenvalue weighted by Crippen LogP contribution is -2.17. The number of anilines is 1. The molecule has 0 spiro atoms. The Morgan fingerprint density at radius 2 is 1.72 bits per heavy atom. The molecule has 0 saturated heterocycles. The maximum absolute atomic E-state index is 9.46. The van der Waals surface area contributed by atoms with Crippen LogP contribution in [0, 0.1) is 13.8 Å². The first-order chi connectivity index (χ1) is 8.69. The van der Waals surface area contributed by atoms with Crippen molar-refractivity contribution in [2.45, 2.75) is 19.9 Å². The van der Waals surface area contributed by atoms with Crippen LogP contribution in [0.3, 0.4) is 0 Å². The number of aromatic nitrogens is 2. The number of benzene rings is 1. The highest BCUT2D eigenvalue weighted by molar-refractivity contribution is 5.33. The molecule has 0 unspecified atom stereocenters. The standard InChI is InChI=1S/C14H17N3O/c1-10-8-11(2)16-14(15-10)17-13(9-18)12-6-4-3-5-7-12/h3-8,13,18H,9H2,1-2H3,(H,15,16,17)/t13-/m1/s1. The minimum Gasteiger partial charge on any atom is -0.394 e. The van der Waals surface area contributed by atoms with Crippen molar-refractivity contribution in [3.05, 3.63) is 53.3 Å². The topological polar surface area (TPSA) is 58.0 Å². The van der Waals surface area contributed by atoms with Gasteiger partial charge in [0.1, 0.15) is 0 Å². The summed E-state index contributed by atoms with van der Waals surface area (Å²) in [6.45, 7) is 3.85. The van der Waals surface area contributed by atoms with Gasteiger partial charge in [-0.15, -0.1) is 0 Å². The van der Waals surface area contributed by atoms with Gasteiger partial charge in [-0.1, -0.05) is 30.3 Å². The monoisotopic (exact) mass is 243 g/mol. The fraction of sp³-hybridized carbons (Fsp3) is 0.286. The van der Waals surface area contributed by atoms with Gasteiger partial charge in [-0.2, -0.15) is 0 Å². The van der Waals surface area contributed by atoms with Gasteiger partial charge in [0.15, 0.2) is 0 Å². The van der Waals surface area contributed by atoms with Gasteiger partial charge in [-0.25, -0.2) is 9.97 Å². The zero-order valence-electron chi connectivity index (χ0n) is 10.6. The molecular formula is C14H17N3O. The van der Waals surface area contributed by atoms with E-state index in [0.29, 0.717) is 5.95 Å². The quantitative estimate of drug-likeness (QED) is 0.864. The van der Waals surface area contributed by atoms with E-state index in [1.54, 1.807) is 0 Å². The zero-order valence-corrected chi connectivity index (χ0v) is 10.6. The van der Waals surface area contributed by atoms with Gasteiger partial charge in [0.2, 0.25) is 5.95 Å². The van der Waals surface area contributed by atoms with E-state index in [1.807, 2.05) is 50.2 Å². The third-order valence-electron chi connectivity index (χ3n) is 2.67. The summed E-state index contributed by atoms with van der Waals surface area (Å²) in [5.74, 6) is 0.551. The first-order valence-corrected chi connectivity index (χ1v) is 5.93. The molecule has 1 heterocycles. The molecule has 0 saturated carbocycles. The lowest BCUT2D eigenvalue weighted by atomic mass is 10.1. The molecule has 1 aromatic carbocycles. The van der Waals surface area contributed by atoms with Gasteiger partial charge in [-0.05, 0) is 25.5 Å². The molecule has 1 atom stereocenters. The second-order valence-corrected chi connectivity index (χ2v) is 4.26. The lowest BCUT2D eigenvalue weighted by molar-refractivity contribution is 0.276. The molecule has 0 aliphatic heterocycles. The third-order valence-corrected chi connectivity index (χ3v) is 2.67. The second kappa shape index (κ2) is 5.60. The normalized spacial score (nSPS) is 12.2. The van der Waals surface area contributed by atoms with Gasteiger partial charge in [0, 0.05) is 11.4 Å². The Kier molecular flexibility index (Phi) is 3.89. The molecule has 18 heavy (non-hydrogen) atoms. The SMILES string of the molecule is Cc1cc(C)nc(N[C@H](CO)c2ccccc2)n1. The highest BCUT2D eigenvalue weighted by atomic mass is 16.3. The number of hydrogen-bond donors (Lipinski definition) is 2. The number of nitrogens with zero attached hydrogens (tertiary/aromatic N) is 2. The summed E-state index contributed by atoms with van der Waals surface area (Å²) in [4.78, 5) is 8.63. The molecule has 0 bridgehead atoms. The van der Waals surface area contributed by atoms with Crippen molar-refractivity contribution in [2.24, 2.45) is 0 Å². The summed E-state index contributed by atoms with van der Waals surface area (Å²) in [6.07, 6.45) is 0. The molecule has 0 fully saturated rings. The van der Waals surface area contributed by atoms with Crippen molar-refractivity contribution in [1.82, 2.24) is 9.97 Å². The number of aliphatic hydroxyl groups excluding tert-OH is 1. The number of aliphatic hydroxyl groups is 1. The predicted octanol–water partition coefficient (Wildman–Crippen LogP) is 2.24. The maximum Gasteiger partial charge on any atom is 0.223 e. The van der Waals surface area contributed by atoms with Crippen LogP contribution in [0.4, 0.5) is 5.95 Å². The summed E-state index contributed by atoms with van der Waals surface area (Å²) < 4.78 is 0. The fourth-order valence-corrected chi connectivity index (χ4v) is 1.87. The molecule has 1 aromatic heterocycles. The average Bonchev–Trinajstić information content (AvgIpc) is 2.36. The number of hydrogen-bond acceptors (Lipinski definition) is 4. The van der Waals surface area contributed by atoms with E-state index in [2.05, 4.69) is 15.3 Å². The van der Waals surface area contributed by atoms with Crippen LogP contribution in [-0.4, -0.2) is 21.7 Å². The number of aryl methyl sites for hydroxylation is 2. The second-order valence-electron chi connectivity index (χ2n) is 4.26. The first kappa shape index (κ1) is 12.5. The van der Waals surface area contributed by atoms with E-state index in [0.717, 1.165) is 17.0 Å². The van der Waals surface area contributed by atoms with Gasteiger partial charge in [0.05, 0.1) is 12.6 Å². The van der Waals surface area contributed by atoms with Crippen molar-refractivity contribution >= 4 is 5.95 Å². The molecule has 0 aliphatic rings. The van der Waals surface area contributed by atoms with Crippen LogP contribution in [-0.2, 0) is 0 Å². The first-order valence-electron chi connectivity index (χ1n) is 5.93. The van der Waals surface area contributed by atoms with E-state index >= 15 is 0 Å². The maximum atomic E-state index is 9.46. The van der Waals surface area contributed by atoms with Gasteiger partial charge in [-0.3, -0.25) is 0 Å². The smallest absolute Gasteiger partial charge is 0.223 e. The largest absolute Gasteiger partial charge is 0.394 e. The van der Waals surface area contributed by atoms with Crippen molar-refractivity contribution in [2.75, 3.05) is 11.9 Å². The third kappa shape index (κ3) is 3.05. The molecule has 4 heteroatoms. The van der Waals surface area contributed by atoms with Crippen LogP contribution >= 0.6 is 0 Å². The van der Waals surface area contributed by atoms with E-state index in [4.69, 9.17) is 0 Å². The molecule has 2 aromatic rings. The summed E-state index contributed by atoms with van der Waals surface area (Å²) in [5.41, 5.74) is 2.84. The molecule has 2 rings (SSSR count). The Hall–Kier alpha value is -1.94. The minimum atomic E-state index is -0.188. The van der Waals surface area contributed by atoms with Crippen molar-refractivity contribution in [3.63, 3.8) is 0 Å². The van der Waals surface area contributed by atoms with Crippen molar-refractivity contribution in [3.8, 4) is 0 Å². The van der Waals surface area contributed by atoms with Crippen LogP contribution in [0.15, 0.2) is 36.4 Å². The average molecular weight is 243 g/mol. The van der Waals surface area contributed by atoms with E-state index in [1.165, 1.54) is 0 Å². The van der Waals surface area contributed by atoms with Crippen LogP contribution in [0.25, 0.3) is 0 Å². The lowest BCUT2D eigenvalue weighted by Gasteiger charge is -2.17. The fourth-order valence-electron chi connectivity index (χ4n) is 1.87. The Morgan fingerprint density at radius 3 is 2.28 bits per heavy atom. The molecule has 0 aliphatic carbocycles. The summed E-state index contributed by atoms with van der Waals surface area (Å²) in [6, 6.07) is 11.5. The van der Waals surface area contributed by atoms with Crippen LogP contribution < -0.4 is 5.32 Å². The number of rotatable bonds is 4. The van der Waals surface area contributed by atoms with Crippen LogP contribution in [0.5, 0.6) is 0 Å². The molecule has 0 amide bonds. The van der Waals surface area contributed by atoms with Crippen molar-refractivity contribution < 1.29 is 5.11 Å². The van der Waals surface area contributed by atoms with E-state index in [-0.39, 0.29) is 12.6 Å². The summed E-state index contributed by atoms with van der Waals surface area (Å²) in [7, 11) is 0. The Morgan fingerprint density at radius 1 is 1.11 bits per heavy atom. The molecule has 0 radical (unpaired) electrons.